The van der Waals surface area contributed by atoms with E-state index in [9.17, 15) is 4.79 Å². The van der Waals surface area contributed by atoms with Gasteiger partial charge in [-0.25, -0.2) is 0 Å². The molecule has 1 aliphatic heterocycles. The van der Waals surface area contributed by atoms with Gasteiger partial charge in [-0.2, -0.15) is 0 Å². The fourth-order valence-corrected chi connectivity index (χ4v) is 1.62. The Hall–Kier alpha value is -0.530. The van der Waals surface area contributed by atoms with Gasteiger partial charge in [0.1, 0.15) is 0 Å². The summed E-state index contributed by atoms with van der Waals surface area (Å²) in [4.78, 5) is 13.4. The number of carbonyl (C=O) groups excluding carboxylic acids is 1. The highest BCUT2D eigenvalue weighted by atomic mass is 16.2. The van der Waals surface area contributed by atoms with Crippen molar-refractivity contribution in [1.82, 2.24) is 4.90 Å². The van der Waals surface area contributed by atoms with Crippen LogP contribution in [0.4, 0.5) is 0 Å². The molecule has 1 saturated heterocycles. The minimum atomic E-state index is 0.385. The molecule has 1 atom stereocenters. The predicted octanol–water partition coefficient (Wildman–Crippen LogP) is 1.08. The summed E-state index contributed by atoms with van der Waals surface area (Å²) in [5.41, 5.74) is 0. The number of hydrogen-bond acceptors (Lipinski definition) is 1. The molecule has 0 aromatic heterocycles. The van der Waals surface area contributed by atoms with E-state index in [1.807, 2.05) is 4.90 Å². The minimum Gasteiger partial charge on any atom is -0.342 e. The smallest absolute Gasteiger partial charge is 0.225 e. The maximum atomic E-state index is 11.5. The Kier molecular flexibility index (Phi) is 1.63. The summed E-state index contributed by atoms with van der Waals surface area (Å²) in [5.74, 6) is 1.26. The highest BCUT2D eigenvalue weighted by Gasteiger charge is 2.35. The van der Waals surface area contributed by atoms with Crippen LogP contribution in [0.1, 0.15) is 19.3 Å². The lowest BCUT2D eigenvalue weighted by Crippen LogP contribution is -2.29. The zero-order valence-electron chi connectivity index (χ0n) is 6.75. The van der Waals surface area contributed by atoms with Gasteiger partial charge in [-0.1, -0.05) is 0 Å². The normalized spacial score (nSPS) is 31.0. The van der Waals surface area contributed by atoms with Crippen LogP contribution < -0.4 is 0 Å². The zero-order chi connectivity index (χ0) is 7.84. The molecule has 1 amide bonds. The summed E-state index contributed by atoms with van der Waals surface area (Å²) in [7, 11) is 0. The van der Waals surface area contributed by atoms with Gasteiger partial charge in [0.15, 0.2) is 0 Å². The molecule has 1 aliphatic carbocycles. The summed E-state index contributed by atoms with van der Waals surface area (Å²) >= 11 is 0. The third-order valence-electron chi connectivity index (χ3n) is 2.52. The molecule has 0 N–H and O–H groups in total. The van der Waals surface area contributed by atoms with E-state index in [-0.39, 0.29) is 0 Å². The van der Waals surface area contributed by atoms with Gasteiger partial charge < -0.3 is 4.90 Å². The van der Waals surface area contributed by atoms with Crippen molar-refractivity contribution in [2.24, 2.45) is 11.8 Å². The van der Waals surface area contributed by atoms with Crippen molar-refractivity contribution in [2.75, 3.05) is 13.1 Å². The Morgan fingerprint density at radius 1 is 1.36 bits per heavy atom. The van der Waals surface area contributed by atoms with Crippen LogP contribution in [0.25, 0.3) is 0 Å². The molecular weight excluding hydrogens is 138 g/mol. The van der Waals surface area contributed by atoms with Crippen molar-refractivity contribution < 1.29 is 4.79 Å². The molecule has 0 aromatic rings. The molecule has 11 heavy (non-hydrogen) atoms. The van der Waals surface area contributed by atoms with Crippen molar-refractivity contribution in [2.45, 2.75) is 19.3 Å². The number of hydrogen-bond donors (Lipinski definition) is 0. The number of likely N-dealkylation sites (tertiary alicyclic amines) is 1. The zero-order valence-corrected chi connectivity index (χ0v) is 6.75. The largest absolute Gasteiger partial charge is 0.342 e. The predicted molar refractivity (Wildman–Crippen MR) is 42.8 cm³/mol. The molecule has 2 rings (SSSR count). The van der Waals surface area contributed by atoms with E-state index in [1.54, 1.807) is 0 Å². The van der Waals surface area contributed by atoms with Crippen LogP contribution in [0.5, 0.6) is 0 Å². The summed E-state index contributed by atoms with van der Waals surface area (Å²) < 4.78 is 0. The van der Waals surface area contributed by atoms with Crippen LogP contribution in [0.15, 0.2) is 0 Å². The maximum absolute atomic E-state index is 11.5. The van der Waals surface area contributed by atoms with Gasteiger partial charge in [0.2, 0.25) is 5.91 Å². The van der Waals surface area contributed by atoms with E-state index < -0.39 is 0 Å². The molecule has 0 unspecified atom stereocenters. The van der Waals surface area contributed by atoms with Crippen LogP contribution in [-0.4, -0.2) is 23.9 Å². The van der Waals surface area contributed by atoms with E-state index in [2.05, 4.69) is 6.92 Å². The first-order chi connectivity index (χ1) is 5.27. The molecule has 1 heterocycles. The first-order valence-electron chi connectivity index (χ1n) is 4.39. The van der Waals surface area contributed by atoms with Gasteiger partial charge in [-0.05, 0) is 32.1 Å². The Morgan fingerprint density at radius 3 is 2.55 bits per heavy atom. The number of amides is 1. The lowest BCUT2D eigenvalue weighted by atomic mass is 10.2. The Morgan fingerprint density at radius 2 is 2.09 bits per heavy atom. The molecule has 0 aromatic carbocycles. The summed E-state index contributed by atoms with van der Waals surface area (Å²) in [6.45, 7) is 5.80. The van der Waals surface area contributed by atoms with Crippen LogP contribution >= 0.6 is 0 Å². The first kappa shape index (κ1) is 7.14. The molecule has 0 bridgehead atoms. The van der Waals surface area contributed by atoms with Crippen molar-refractivity contribution in [3.05, 3.63) is 6.92 Å². The molecular formula is C9H14NO. The number of nitrogens with zero attached hydrogens (tertiary/aromatic N) is 1. The standard InChI is InChI=1S/C9H14NO/c1-7-4-5-10(6-7)9(11)8-2-3-8/h7-8H,1-6H2/t7-/m0/s1. The molecule has 2 fully saturated rings. The van der Waals surface area contributed by atoms with E-state index in [0.29, 0.717) is 17.7 Å². The van der Waals surface area contributed by atoms with Gasteiger partial charge in [0, 0.05) is 19.0 Å². The van der Waals surface area contributed by atoms with E-state index in [0.717, 1.165) is 32.4 Å². The minimum absolute atomic E-state index is 0.385. The van der Waals surface area contributed by atoms with Gasteiger partial charge in [0.05, 0.1) is 0 Å². The van der Waals surface area contributed by atoms with Gasteiger partial charge in [-0.3, -0.25) is 4.79 Å². The molecule has 0 spiro atoms. The van der Waals surface area contributed by atoms with E-state index in [1.165, 1.54) is 0 Å². The highest BCUT2D eigenvalue weighted by molar-refractivity contribution is 5.81. The second kappa shape index (κ2) is 2.50. The summed E-state index contributed by atoms with van der Waals surface area (Å²) in [6, 6.07) is 0. The van der Waals surface area contributed by atoms with E-state index >= 15 is 0 Å². The molecule has 61 valence electrons. The lowest BCUT2D eigenvalue weighted by molar-refractivity contribution is -0.131. The molecule has 1 radical (unpaired) electrons. The van der Waals surface area contributed by atoms with Crippen molar-refractivity contribution in [3.8, 4) is 0 Å². The Labute approximate surface area is 67.6 Å². The second-order valence-electron chi connectivity index (χ2n) is 3.71. The van der Waals surface area contributed by atoms with Crippen LogP contribution in [0.3, 0.4) is 0 Å². The average molecular weight is 152 g/mol. The highest BCUT2D eigenvalue weighted by Crippen LogP contribution is 2.32. The first-order valence-corrected chi connectivity index (χ1v) is 4.39. The Balaban J connectivity index is 1.89. The third-order valence-corrected chi connectivity index (χ3v) is 2.52. The van der Waals surface area contributed by atoms with Gasteiger partial charge in [-0.15, -0.1) is 0 Å². The monoisotopic (exact) mass is 152 g/mol. The fraction of sp³-hybridized carbons (Fsp3) is 0.778. The average Bonchev–Trinajstić information content (AvgIpc) is 2.74. The topological polar surface area (TPSA) is 20.3 Å². The maximum Gasteiger partial charge on any atom is 0.225 e. The molecule has 2 aliphatic rings. The third kappa shape index (κ3) is 1.39. The molecule has 2 nitrogen and oxygen atoms in total. The lowest BCUT2D eigenvalue weighted by Gasteiger charge is -2.14. The Bertz CT molecular complexity index is 174. The molecule has 1 saturated carbocycles. The van der Waals surface area contributed by atoms with Crippen LogP contribution in [0, 0.1) is 18.8 Å². The van der Waals surface area contributed by atoms with Crippen molar-refractivity contribution in [3.63, 3.8) is 0 Å². The number of carbonyl (C=O) groups is 1. The molecule has 2 heteroatoms. The fourth-order valence-electron chi connectivity index (χ4n) is 1.62. The van der Waals surface area contributed by atoms with Crippen LogP contribution in [0.2, 0.25) is 0 Å². The summed E-state index contributed by atoms with van der Waals surface area (Å²) in [5, 5.41) is 0. The quantitative estimate of drug-likeness (QED) is 0.550. The van der Waals surface area contributed by atoms with Gasteiger partial charge in [0.25, 0.3) is 0 Å². The SMILES string of the molecule is [CH2][C@H]1CCN(C(=O)C2CC2)C1. The van der Waals surface area contributed by atoms with Gasteiger partial charge >= 0.3 is 0 Å². The number of rotatable bonds is 1. The van der Waals surface area contributed by atoms with Crippen molar-refractivity contribution in [1.29, 1.82) is 0 Å². The summed E-state index contributed by atoms with van der Waals surface area (Å²) in [6.07, 6.45) is 3.34. The second-order valence-corrected chi connectivity index (χ2v) is 3.71. The van der Waals surface area contributed by atoms with Crippen molar-refractivity contribution >= 4 is 5.91 Å². The van der Waals surface area contributed by atoms with E-state index in [4.69, 9.17) is 0 Å². The van der Waals surface area contributed by atoms with Crippen LogP contribution in [-0.2, 0) is 4.79 Å².